The van der Waals surface area contributed by atoms with Crippen LogP contribution < -0.4 is 0 Å². The highest BCUT2D eigenvalue weighted by molar-refractivity contribution is 14.1. The smallest absolute Gasteiger partial charge is 0.213 e. The van der Waals surface area contributed by atoms with Gasteiger partial charge >= 0.3 is 0 Å². The first-order chi connectivity index (χ1) is 9.90. The molecule has 2 aromatic rings. The molecule has 2 rings (SSSR count). The molecule has 0 unspecified atom stereocenters. The van der Waals surface area contributed by atoms with Crippen molar-refractivity contribution >= 4 is 55.9 Å². The van der Waals surface area contributed by atoms with Crippen LogP contribution in [0.25, 0.3) is 0 Å². The van der Waals surface area contributed by atoms with E-state index in [1.54, 1.807) is 23.0 Å². The summed E-state index contributed by atoms with van der Waals surface area (Å²) in [6, 6.07) is 5.31. The first kappa shape index (κ1) is 16.9. The number of benzene rings is 1. The van der Waals surface area contributed by atoms with E-state index in [9.17, 15) is 4.79 Å². The molecule has 4 nitrogen and oxygen atoms in total. The zero-order chi connectivity index (χ0) is 15.6. The lowest BCUT2D eigenvalue weighted by Gasteiger charge is -2.12. The summed E-state index contributed by atoms with van der Waals surface area (Å²) in [5.41, 5.74) is 1.15. The molecule has 0 aliphatic heterocycles. The van der Waals surface area contributed by atoms with Gasteiger partial charge in [0.25, 0.3) is 0 Å². The second-order valence-electron chi connectivity index (χ2n) is 4.82. The van der Waals surface area contributed by atoms with Gasteiger partial charge in [0.2, 0.25) is 5.78 Å². The molecule has 1 aromatic heterocycles. The summed E-state index contributed by atoms with van der Waals surface area (Å²) in [7, 11) is 3.97. The lowest BCUT2D eigenvalue weighted by Crippen LogP contribution is -2.22. The van der Waals surface area contributed by atoms with Crippen LogP contribution in [0.2, 0.25) is 5.02 Å². The molecule has 1 heterocycles. The van der Waals surface area contributed by atoms with Crippen LogP contribution in [-0.2, 0) is 6.54 Å². The first-order valence-corrected chi connectivity index (χ1v) is 8.51. The Balaban J connectivity index is 2.39. The molecule has 21 heavy (non-hydrogen) atoms. The average molecular weight is 483 g/mol. The lowest BCUT2D eigenvalue weighted by atomic mass is 10.1. The van der Waals surface area contributed by atoms with Crippen molar-refractivity contribution in [2.24, 2.45) is 0 Å². The molecule has 0 spiro atoms. The van der Waals surface area contributed by atoms with Crippen LogP contribution in [-0.4, -0.2) is 41.1 Å². The Bertz CT molecular complexity index is 672. The molecule has 0 aliphatic carbocycles. The molecular weight excluding hydrogens is 468 g/mol. The van der Waals surface area contributed by atoms with Gasteiger partial charge in [-0.05, 0) is 70.8 Å². The quantitative estimate of drug-likeness (QED) is 0.482. The zero-order valence-corrected chi connectivity index (χ0v) is 16.1. The van der Waals surface area contributed by atoms with Gasteiger partial charge in [-0.15, -0.1) is 0 Å². The number of rotatable bonds is 5. The van der Waals surface area contributed by atoms with Gasteiger partial charge in [-0.3, -0.25) is 9.48 Å². The van der Waals surface area contributed by atoms with Gasteiger partial charge in [0.1, 0.15) is 5.69 Å². The van der Waals surface area contributed by atoms with Crippen molar-refractivity contribution in [3.63, 3.8) is 0 Å². The zero-order valence-electron chi connectivity index (χ0n) is 11.6. The number of nitrogens with zero attached hydrogens (tertiary/aromatic N) is 3. The maximum atomic E-state index is 12.8. The van der Waals surface area contributed by atoms with Crippen molar-refractivity contribution in [3.8, 4) is 0 Å². The van der Waals surface area contributed by atoms with Crippen LogP contribution in [0, 0.1) is 3.57 Å². The molecule has 0 aliphatic rings. The summed E-state index contributed by atoms with van der Waals surface area (Å²) in [6.45, 7) is 1.46. The lowest BCUT2D eigenvalue weighted by molar-refractivity contribution is 0.102. The Morgan fingerprint density at radius 3 is 2.86 bits per heavy atom. The second kappa shape index (κ2) is 7.21. The third-order valence-electron chi connectivity index (χ3n) is 2.94. The van der Waals surface area contributed by atoms with E-state index in [4.69, 9.17) is 11.6 Å². The number of halogens is 3. The molecule has 0 bridgehead atoms. The van der Waals surface area contributed by atoms with Crippen LogP contribution in [0.4, 0.5) is 0 Å². The van der Waals surface area contributed by atoms with E-state index >= 15 is 0 Å². The highest BCUT2D eigenvalue weighted by Crippen LogP contribution is 2.24. The number of hydrogen-bond acceptors (Lipinski definition) is 3. The third-order valence-corrected chi connectivity index (χ3v) is 4.70. The van der Waals surface area contributed by atoms with Gasteiger partial charge in [0.15, 0.2) is 0 Å². The molecule has 0 radical (unpaired) electrons. The molecular formula is C14H14BrClIN3O. The van der Waals surface area contributed by atoms with Gasteiger partial charge in [-0.25, -0.2) is 0 Å². The number of ketones is 1. The summed E-state index contributed by atoms with van der Waals surface area (Å²) in [5.74, 6) is -0.0787. The number of hydrogen-bond donors (Lipinski definition) is 0. The van der Waals surface area contributed by atoms with Crippen molar-refractivity contribution in [3.05, 3.63) is 48.7 Å². The van der Waals surface area contributed by atoms with E-state index in [0.29, 0.717) is 27.3 Å². The van der Waals surface area contributed by atoms with E-state index in [1.165, 1.54) is 0 Å². The van der Waals surface area contributed by atoms with E-state index in [2.05, 4.69) is 43.6 Å². The number of aromatic nitrogens is 2. The molecule has 0 N–H and O–H groups in total. The summed E-state index contributed by atoms with van der Waals surface area (Å²) >= 11 is 11.6. The highest BCUT2D eigenvalue weighted by Gasteiger charge is 2.21. The Morgan fingerprint density at radius 1 is 1.48 bits per heavy atom. The van der Waals surface area contributed by atoms with Crippen LogP contribution in [0.15, 0.2) is 28.9 Å². The molecule has 0 saturated carbocycles. The van der Waals surface area contributed by atoms with Crippen molar-refractivity contribution in [1.82, 2.24) is 14.7 Å². The molecule has 0 atom stereocenters. The Hall–Kier alpha value is -0.440. The van der Waals surface area contributed by atoms with E-state index in [1.807, 2.05) is 25.1 Å². The topological polar surface area (TPSA) is 38.1 Å². The number of carbonyl (C=O) groups excluding carboxylic acids is 1. The number of carbonyl (C=O) groups is 1. The van der Waals surface area contributed by atoms with Crippen LogP contribution in [0.3, 0.4) is 0 Å². The minimum absolute atomic E-state index is 0.0787. The van der Waals surface area contributed by atoms with Crippen LogP contribution in [0.5, 0.6) is 0 Å². The Kier molecular flexibility index (Phi) is 5.81. The fourth-order valence-electron chi connectivity index (χ4n) is 1.85. The average Bonchev–Trinajstić information content (AvgIpc) is 2.79. The summed E-state index contributed by atoms with van der Waals surface area (Å²) in [4.78, 5) is 14.8. The molecule has 0 amide bonds. The predicted molar refractivity (Wildman–Crippen MR) is 96.1 cm³/mol. The van der Waals surface area contributed by atoms with E-state index < -0.39 is 0 Å². The van der Waals surface area contributed by atoms with Crippen molar-refractivity contribution in [1.29, 1.82) is 0 Å². The van der Waals surface area contributed by atoms with Gasteiger partial charge in [0, 0.05) is 20.7 Å². The van der Waals surface area contributed by atoms with Crippen molar-refractivity contribution < 1.29 is 4.79 Å². The molecule has 0 fully saturated rings. The van der Waals surface area contributed by atoms with E-state index in [0.717, 1.165) is 10.1 Å². The summed E-state index contributed by atoms with van der Waals surface area (Å²) in [6.07, 6.45) is 1.65. The maximum absolute atomic E-state index is 12.8. The molecule has 7 heteroatoms. The standard InChI is InChI=1S/C14H14BrClIN3O/c1-19(2)5-6-20-13(11(15)8-18-20)14(21)10-7-9(16)3-4-12(10)17/h3-4,7-8H,5-6H2,1-2H3. The van der Waals surface area contributed by atoms with Gasteiger partial charge < -0.3 is 4.90 Å². The molecule has 112 valence electrons. The fourth-order valence-corrected chi connectivity index (χ4v) is 3.08. The van der Waals surface area contributed by atoms with Crippen LogP contribution >= 0.6 is 50.1 Å². The number of likely N-dealkylation sites (N-methyl/N-ethyl adjacent to an activating group) is 1. The maximum Gasteiger partial charge on any atom is 0.213 e. The highest BCUT2D eigenvalue weighted by atomic mass is 127. The largest absolute Gasteiger partial charge is 0.308 e. The van der Waals surface area contributed by atoms with Crippen LogP contribution in [0.1, 0.15) is 16.1 Å². The second-order valence-corrected chi connectivity index (χ2v) is 7.27. The fraction of sp³-hybridized carbons (Fsp3) is 0.286. The van der Waals surface area contributed by atoms with Crippen molar-refractivity contribution in [2.45, 2.75) is 6.54 Å². The van der Waals surface area contributed by atoms with E-state index in [-0.39, 0.29) is 5.78 Å². The van der Waals surface area contributed by atoms with Gasteiger partial charge in [0.05, 0.1) is 17.2 Å². The van der Waals surface area contributed by atoms with Gasteiger partial charge in [-0.1, -0.05) is 11.6 Å². The first-order valence-electron chi connectivity index (χ1n) is 6.26. The predicted octanol–water partition coefficient (Wildman–Crippen LogP) is 3.70. The van der Waals surface area contributed by atoms with Gasteiger partial charge in [-0.2, -0.15) is 5.10 Å². The SMILES string of the molecule is CN(C)CCn1ncc(Br)c1C(=O)c1cc(Cl)ccc1I. The minimum Gasteiger partial charge on any atom is -0.308 e. The molecule has 1 aromatic carbocycles. The Morgan fingerprint density at radius 2 is 2.19 bits per heavy atom. The minimum atomic E-state index is -0.0787. The Labute approximate surface area is 150 Å². The summed E-state index contributed by atoms with van der Waals surface area (Å²) < 4.78 is 3.29. The monoisotopic (exact) mass is 481 g/mol. The normalized spacial score (nSPS) is 11.1. The summed E-state index contributed by atoms with van der Waals surface area (Å²) in [5, 5.41) is 4.82. The molecule has 0 saturated heterocycles. The van der Waals surface area contributed by atoms with Crippen molar-refractivity contribution in [2.75, 3.05) is 20.6 Å². The third kappa shape index (κ3) is 4.06.